The van der Waals surface area contributed by atoms with E-state index in [1.807, 2.05) is 24.3 Å². The third kappa shape index (κ3) is 5.60. The molecule has 2 amide bonds. The van der Waals surface area contributed by atoms with Crippen molar-refractivity contribution in [2.75, 3.05) is 0 Å². The highest BCUT2D eigenvalue weighted by atomic mass is 127. The van der Waals surface area contributed by atoms with Crippen molar-refractivity contribution in [2.24, 2.45) is 0 Å². The van der Waals surface area contributed by atoms with Crippen LogP contribution in [-0.2, 0) is 17.9 Å². The van der Waals surface area contributed by atoms with Crippen molar-refractivity contribution in [3.8, 4) is 5.75 Å². The standard InChI is InChI=1S/C24H17IN2O5S/c25-19-10-8-16(9-11-19)14-26-23(28)22(33-24(26)29)13-17-4-3-6-20(12-17)32-15-18-5-1-2-7-21(18)27(30)31/h1-13H,14-15H2/b22-13-. The fourth-order valence-electron chi connectivity index (χ4n) is 3.23. The molecule has 0 aliphatic carbocycles. The van der Waals surface area contributed by atoms with Gasteiger partial charge in [0.1, 0.15) is 12.4 Å². The van der Waals surface area contributed by atoms with Crippen molar-refractivity contribution in [3.05, 3.63) is 108 Å². The van der Waals surface area contributed by atoms with Crippen molar-refractivity contribution in [1.82, 2.24) is 4.90 Å². The number of rotatable bonds is 7. The quantitative estimate of drug-likeness (QED) is 0.149. The fourth-order valence-corrected chi connectivity index (χ4v) is 4.42. The first-order valence-electron chi connectivity index (χ1n) is 9.86. The molecule has 4 rings (SSSR count). The lowest BCUT2D eigenvalue weighted by Gasteiger charge is -2.12. The summed E-state index contributed by atoms with van der Waals surface area (Å²) in [5.74, 6) is 0.162. The zero-order valence-corrected chi connectivity index (χ0v) is 20.1. The molecule has 1 fully saturated rings. The first kappa shape index (κ1) is 23.0. The molecule has 0 spiro atoms. The van der Waals surface area contributed by atoms with Gasteiger partial charge in [0.15, 0.2) is 0 Å². The summed E-state index contributed by atoms with van der Waals surface area (Å²) in [7, 11) is 0. The van der Waals surface area contributed by atoms with E-state index in [0.29, 0.717) is 21.8 Å². The molecule has 0 saturated carbocycles. The number of hydrogen-bond donors (Lipinski definition) is 0. The van der Waals surface area contributed by atoms with Gasteiger partial charge >= 0.3 is 0 Å². The van der Waals surface area contributed by atoms with Crippen LogP contribution in [0, 0.1) is 13.7 Å². The van der Waals surface area contributed by atoms with E-state index in [1.54, 1.807) is 48.5 Å². The summed E-state index contributed by atoms with van der Waals surface area (Å²) in [6.07, 6.45) is 1.65. The van der Waals surface area contributed by atoms with Gasteiger partial charge in [-0.05, 0) is 81.9 Å². The number of benzene rings is 3. The molecule has 0 aromatic heterocycles. The lowest BCUT2D eigenvalue weighted by Crippen LogP contribution is -2.27. The maximum Gasteiger partial charge on any atom is 0.293 e. The number of carbonyl (C=O) groups excluding carboxylic acids is 2. The van der Waals surface area contributed by atoms with Gasteiger partial charge in [0, 0.05) is 9.64 Å². The number of nitro benzene ring substituents is 1. The monoisotopic (exact) mass is 572 g/mol. The third-order valence-corrected chi connectivity index (χ3v) is 6.49. The van der Waals surface area contributed by atoms with E-state index < -0.39 is 4.92 Å². The maximum absolute atomic E-state index is 12.8. The first-order chi connectivity index (χ1) is 15.9. The number of hydrogen-bond acceptors (Lipinski definition) is 6. The number of para-hydroxylation sites is 1. The lowest BCUT2D eigenvalue weighted by molar-refractivity contribution is -0.385. The number of nitrogens with zero attached hydrogens (tertiary/aromatic N) is 2. The van der Waals surface area contributed by atoms with Crippen LogP contribution in [0.2, 0.25) is 0 Å². The minimum Gasteiger partial charge on any atom is -0.489 e. The number of amides is 2. The summed E-state index contributed by atoms with van der Waals surface area (Å²) in [5, 5.41) is 10.9. The normalized spacial score (nSPS) is 14.7. The molecule has 1 aliphatic heterocycles. The Labute approximate surface area is 207 Å². The van der Waals surface area contributed by atoms with Crippen LogP contribution in [0.1, 0.15) is 16.7 Å². The number of nitro groups is 1. The van der Waals surface area contributed by atoms with E-state index in [4.69, 9.17) is 4.74 Å². The predicted octanol–water partition coefficient (Wildman–Crippen LogP) is 6.01. The second-order valence-corrected chi connectivity index (χ2v) is 9.38. The van der Waals surface area contributed by atoms with Crippen LogP contribution in [-0.4, -0.2) is 21.0 Å². The zero-order valence-electron chi connectivity index (χ0n) is 17.1. The van der Waals surface area contributed by atoms with Gasteiger partial charge in [-0.25, -0.2) is 0 Å². The molecule has 7 nitrogen and oxygen atoms in total. The van der Waals surface area contributed by atoms with E-state index in [1.165, 1.54) is 11.0 Å². The molecule has 9 heteroatoms. The fraction of sp³-hybridized carbons (Fsp3) is 0.0833. The van der Waals surface area contributed by atoms with E-state index >= 15 is 0 Å². The number of thioether (sulfide) groups is 1. The van der Waals surface area contributed by atoms with Gasteiger partial charge in [-0.3, -0.25) is 24.6 Å². The highest BCUT2D eigenvalue weighted by Crippen LogP contribution is 2.34. The molecule has 33 heavy (non-hydrogen) atoms. The van der Waals surface area contributed by atoms with Gasteiger partial charge < -0.3 is 4.74 Å². The molecule has 166 valence electrons. The van der Waals surface area contributed by atoms with Gasteiger partial charge in [-0.1, -0.05) is 36.4 Å². The molecule has 1 saturated heterocycles. The summed E-state index contributed by atoms with van der Waals surface area (Å²) >= 11 is 3.10. The summed E-state index contributed by atoms with van der Waals surface area (Å²) in [6.45, 7) is 0.255. The SMILES string of the molecule is O=C1S/C(=C\c2cccc(OCc3ccccc3[N+](=O)[O-])c2)C(=O)N1Cc1ccc(I)cc1. The second kappa shape index (κ2) is 10.2. The minimum absolute atomic E-state index is 0.00421. The van der Waals surface area contributed by atoms with Crippen LogP contribution in [0.25, 0.3) is 6.08 Å². The predicted molar refractivity (Wildman–Crippen MR) is 135 cm³/mol. The van der Waals surface area contributed by atoms with Crippen molar-refractivity contribution < 1.29 is 19.2 Å². The topological polar surface area (TPSA) is 89.7 Å². The van der Waals surface area contributed by atoms with Gasteiger partial charge in [0.25, 0.3) is 16.8 Å². The van der Waals surface area contributed by atoms with Crippen molar-refractivity contribution >= 4 is 57.3 Å². The van der Waals surface area contributed by atoms with Crippen molar-refractivity contribution in [3.63, 3.8) is 0 Å². The van der Waals surface area contributed by atoms with Crippen molar-refractivity contribution in [2.45, 2.75) is 13.2 Å². The molecule has 0 unspecified atom stereocenters. The molecule has 0 radical (unpaired) electrons. The van der Waals surface area contributed by atoms with Gasteiger partial charge in [0.2, 0.25) is 0 Å². The molecular weight excluding hydrogens is 555 g/mol. The summed E-state index contributed by atoms with van der Waals surface area (Å²) in [5.41, 5.74) is 2.03. The van der Waals surface area contributed by atoms with E-state index in [9.17, 15) is 19.7 Å². The number of ether oxygens (including phenoxy) is 1. The molecule has 1 aliphatic rings. The molecule has 0 bridgehead atoms. The average Bonchev–Trinajstić information content (AvgIpc) is 3.06. The molecule has 0 N–H and O–H groups in total. The van der Waals surface area contributed by atoms with E-state index in [0.717, 1.165) is 20.9 Å². The Kier molecular flexibility index (Phi) is 7.09. The molecule has 3 aromatic carbocycles. The van der Waals surface area contributed by atoms with Crippen LogP contribution >= 0.6 is 34.4 Å². The van der Waals surface area contributed by atoms with Crippen LogP contribution in [0.4, 0.5) is 10.5 Å². The Hall–Kier alpha value is -3.18. The van der Waals surface area contributed by atoms with E-state index in [-0.39, 0.29) is 30.0 Å². The second-order valence-electron chi connectivity index (χ2n) is 7.14. The first-order valence-corrected chi connectivity index (χ1v) is 11.8. The molecule has 1 heterocycles. The van der Waals surface area contributed by atoms with Gasteiger partial charge in [-0.15, -0.1) is 0 Å². The molecule has 0 atom stereocenters. The molecular formula is C24H17IN2O5S. The smallest absolute Gasteiger partial charge is 0.293 e. The van der Waals surface area contributed by atoms with Gasteiger partial charge in [-0.2, -0.15) is 0 Å². The van der Waals surface area contributed by atoms with Gasteiger partial charge in [0.05, 0.1) is 21.9 Å². The van der Waals surface area contributed by atoms with Crippen LogP contribution in [0.15, 0.2) is 77.7 Å². The Balaban J connectivity index is 1.47. The summed E-state index contributed by atoms with van der Waals surface area (Å²) < 4.78 is 6.82. The van der Waals surface area contributed by atoms with Crippen LogP contribution in [0.3, 0.4) is 0 Å². The average molecular weight is 572 g/mol. The Bertz CT molecular complexity index is 1260. The largest absolute Gasteiger partial charge is 0.489 e. The van der Waals surface area contributed by atoms with E-state index in [2.05, 4.69) is 22.6 Å². The highest BCUT2D eigenvalue weighted by molar-refractivity contribution is 14.1. The third-order valence-electron chi connectivity index (χ3n) is 4.87. The van der Waals surface area contributed by atoms with Crippen molar-refractivity contribution in [1.29, 1.82) is 0 Å². The molecule has 3 aromatic rings. The Morgan fingerprint density at radius 2 is 1.79 bits per heavy atom. The Morgan fingerprint density at radius 1 is 1.03 bits per heavy atom. The number of halogens is 1. The Morgan fingerprint density at radius 3 is 2.55 bits per heavy atom. The van der Waals surface area contributed by atoms with Crippen LogP contribution < -0.4 is 4.74 Å². The minimum atomic E-state index is -0.443. The summed E-state index contributed by atoms with van der Waals surface area (Å²) in [4.78, 5) is 37.5. The number of imide groups is 1. The zero-order chi connectivity index (χ0) is 23.4. The van der Waals surface area contributed by atoms with Crippen LogP contribution in [0.5, 0.6) is 5.75 Å². The lowest BCUT2D eigenvalue weighted by atomic mass is 10.1. The number of carbonyl (C=O) groups is 2. The summed E-state index contributed by atoms with van der Waals surface area (Å²) in [6, 6.07) is 21.1. The maximum atomic E-state index is 12.8. The highest BCUT2D eigenvalue weighted by Gasteiger charge is 2.35.